The summed E-state index contributed by atoms with van der Waals surface area (Å²) in [6, 6.07) is 10.1. The van der Waals surface area contributed by atoms with Gasteiger partial charge in [0.15, 0.2) is 0 Å². The summed E-state index contributed by atoms with van der Waals surface area (Å²) in [5, 5.41) is 0. The minimum absolute atomic E-state index is 0.256. The SMILES string of the molecule is CO[C@@H]1CN(Cc2ccccc2)C[C@H]1F. The Kier molecular flexibility index (Phi) is 3.34. The maximum Gasteiger partial charge on any atom is 0.140 e. The van der Waals surface area contributed by atoms with Gasteiger partial charge in [-0.2, -0.15) is 0 Å². The number of likely N-dealkylation sites (tertiary alicyclic amines) is 1. The minimum atomic E-state index is -0.848. The minimum Gasteiger partial charge on any atom is -0.377 e. The molecule has 0 unspecified atom stereocenters. The highest BCUT2D eigenvalue weighted by Crippen LogP contribution is 2.18. The van der Waals surface area contributed by atoms with E-state index in [1.165, 1.54) is 5.56 Å². The number of alkyl halides is 1. The van der Waals surface area contributed by atoms with Crippen molar-refractivity contribution in [3.63, 3.8) is 0 Å². The van der Waals surface area contributed by atoms with Gasteiger partial charge in [0.25, 0.3) is 0 Å². The van der Waals surface area contributed by atoms with Crippen LogP contribution in [-0.2, 0) is 11.3 Å². The molecule has 0 radical (unpaired) electrons. The van der Waals surface area contributed by atoms with Gasteiger partial charge in [0.05, 0.1) is 0 Å². The molecule has 2 nitrogen and oxygen atoms in total. The summed E-state index contributed by atoms with van der Waals surface area (Å²) < 4.78 is 18.4. The molecule has 15 heavy (non-hydrogen) atoms. The maximum absolute atomic E-state index is 13.4. The molecule has 2 atom stereocenters. The molecule has 1 aromatic rings. The fourth-order valence-corrected chi connectivity index (χ4v) is 2.00. The topological polar surface area (TPSA) is 12.5 Å². The van der Waals surface area contributed by atoms with Gasteiger partial charge in [-0.15, -0.1) is 0 Å². The molecule has 2 rings (SSSR count). The van der Waals surface area contributed by atoms with Gasteiger partial charge in [0.1, 0.15) is 12.3 Å². The van der Waals surface area contributed by atoms with Crippen LogP contribution in [-0.4, -0.2) is 37.4 Å². The zero-order valence-electron chi connectivity index (χ0n) is 8.90. The van der Waals surface area contributed by atoms with Crippen molar-refractivity contribution in [3.05, 3.63) is 35.9 Å². The highest BCUT2D eigenvalue weighted by Gasteiger charge is 2.32. The van der Waals surface area contributed by atoms with Crippen molar-refractivity contribution in [1.82, 2.24) is 4.90 Å². The summed E-state index contributed by atoms with van der Waals surface area (Å²) >= 11 is 0. The molecule has 1 aromatic carbocycles. The fourth-order valence-electron chi connectivity index (χ4n) is 2.00. The Morgan fingerprint density at radius 1 is 1.33 bits per heavy atom. The van der Waals surface area contributed by atoms with Crippen LogP contribution in [0.15, 0.2) is 30.3 Å². The Hall–Kier alpha value is -0.930. The quantitative estimate of drug-likeness (QED) is 0.753. The number of nitrogens with zero attached hydrogens (tertiary/aromatic N) is 1. The summed E-state index contributed by atoms with van der Waals surface area (Å²) in [5.41, 5.74) is 1.22. The van der Waals surface area contributed by atoms with Crippen molar-refractivity contribution >= 4 is 0 Å². The summed E-state index contributed by atoms with van der Waals surface area (Å²) in [7, 11) is 1.57. The van der Waals surface area contributed by atoms with Crippen LogP contribution in [0.1, 0.15) is 5.56 Å². The first-order chi connectivity index (χ1) is 7.29. The Bertz CT molecular complexity index is 304. The van der Waals surface area contributed by atoms with Crippen LogP contribution >= 0.6 is 0 Å². The zero-order valence-corrected chi connectivity index (χ0v) is 8.90. The third-order valence-electron chi connectivity index (χ3n) is 2.83. The number of rotatable bonds is 3. The number of hydrogen-bond donors (Lipinski definition) is 0. The Morgan fingerprint density at radius 2 is 2.07 bits per heavy atom. The van der Waals surface area contributed by atoms with Gasteiger partial charge in [0.2, 0.25) is 0 Å². The summed E-state index contributed by atoms with van der Waals surface area (Å²) in [5.74, 6) is 0. The van der Waals surface area contributed by atoms with E-state index in [2.05, 4.69) is 17.0 Å². The smallest absolute Gasteiger partial charge is 0.140 e. The van der Waals surface area contributed by atoms with Gasteiger partial charge in [-0.05, 0) is 5.56 Å². The molecule has 1 aliphatic rings. The maximum atomic E-state index is 13.4. The second kappa shape index (κ2) is 4.73. The molecule has 0 amide bonds. The normalized spacial score (nSPS) is 27.1. The highest BCUT2D eigenvalue weighted by molar-refractivity contribution is 5.14. The van der Waals surface area contributed by atoms with Crippen molar-refractivity contribution in [3.8, 4) is 0 Å². The van der Waals surface area contributed by atoms with E-state index < -0.39 is 6.17 Å². The molecule has 0 bridgehead atoms. The van der Waals surface area contributed by atoms with Gasteiger partial charge in [-0.25, -0.2) is 4.39 Å². The van der Waals surface area contributed by atoms with Crippen molar-refractivity contribution in [1.29, 1.82) is 0 Å². The summed E-state index contributed by atoms with van der Waals surface area (Å²) in [6.07, 6.45) is -1.10. The lowest BCUT2D eigenvalue weighted by molar-refractivity contribution is 0.0621. The van der Waals surface area contributed by atoms with Crippen molar-refractivity contribution in [2.75, 3.05) is 20.2 Å². The predicted octanol–water partition coefficient (Wildman–Crippen LogP) is 1.86. The van der Waals surface area contributed by atoms with Crippen molar-refractivity contribution in [2.24, 2.45) is 0 Å². The van der Waals surface area contributed by atoms with E-state index in [0.29, 0.717) is 13.1 Å². The zero-order chi connectivity index (χ0) is 10.7. The van der Waals surface area contributed by atoms with Gasteiger partial charge >= 0.3 is 0 Å². The monoisotopic (exact) mass is 209 g/mol. The molecule has 1 fully saturated rings. The number of methoxy groups -OCH3 is 1. The average molecular weight is 209 g/mol. The first-order valence-electron chi connectivity index (χ1n) is 5.22. The molecule has 0 spiro atoms. The molecule has 0 aromatic heterocycles. The standard InChI is InChI=1S/C12H16FNO/c1-15-12-9-14(8-11(12)13)7-10-5-3-2-4-6-10/h2-6,11-12H,7-9H2,1H3/t11-,12-/m1/s1. The molecule has 82 valence electrons. The number of ether oxygens (including phenoxy) is 1. The number of halogens is 1. The molecule has 0 N–H and O–H groups in total. The molecule has 1 aliphatic heterocycles. The summed E-state index contributed by atoms with van der Waals surface area (Å²) in [4.78, 5) is 2.09. The molecule has 0 aliphatic carbocycles. The van der Waals surface area contributed by atoms with Crippen LogP contribution in [0.4, 0.5) is 4.39 Å². The highest BCUT2D eigenvalue weighted by atomic mass is 19.1. The van der Waals surface area contributed by atoms with Crippen LogP contribution in [0.5, 0.6) is 0 Å². The number of benzene rings is 1. The average Bonchev–Trinajstić information content (AvgIpc) is 2.60. The molecular weight excluding hydrogens is 193 g/mol. The van der Waals surface area contributed by atoms with Crippen molar-refractivity contribution < 1.29 is 9.13 Å². The Balaban J connectivity index is 1.92. The van der Waals surface area contributed by atoms with Crippen molar-refractivity contribution in [2.45, 2.75) is 18.8 Å². The first-order valence-corrected chi connectivity index (χ1v) is 5.22. The number of hydrogen-bond acceptors (Lipinski definition) is 2. The van der Waals surface area contributed by atoms with E-state index in [1.807, 2.05) is 18.2 Å². The van der Waals surface area contributed by atoms with E-state index in [-0.39, 0.29) is 6.10 Å². The van der Waals surface area contributed by atoms with Crippen LogP contribution in [0.2, 0.25) is 0 Å². The van der Waals surface area contributed by atoms with Gasteiger partial charge in [-0.3, -0.25) is 4.90 Å². The second-order valence-corrected chi connectivity index (χ2v) is 3.97. The van der Waals surface area contributed by atoms with E-state index in [0.717, 1.165) is 6.54 Å². The Morgan fingerprint density at radius 3 is 2.67 bits per heavy atom. The largest absolute Gasteiger partial charge is 0.377 e. The van der Waals surface area contributed by atoms with E-state index >= 15 is 0 Å². The van der Waals surface area contributed by atoms with Crippen LogP contribution in [0.25, 0.3) is 0 Å². The van der Waals surface area contributed by atoms with Crippen LogP contribution in [0.3, 0.4) is 0 Å². The van der Waals surface area contributed by atoms with Crippen LogP contribution in [0, 0.1) is 0 Å². The third-order valence-corrected chi connectivity index (χ3v) is 2.83. The van der Waals surface area contributed by atoms with E-state index in [9.17, 15) is 4.39 Å². The third kappa shape index (κ3) is 2.55. The van der Waals surface area contributed by atoms with E-state index in [4.69, 9.17) is 4.74 Å². The lowest BCUT2D eigenvalue weighted by Crippen LogP contribution is -2.22. The lowest BCUT2D eigenvalue weighted by Gasteiger charge is -2.14. The molecular formula is C12H16FNO. The van der Waals surface area contributed by atoms with Gasteiger partial charge in [0, 0.05) is 26.7 Å². The van der Waals surface area contributed by atoms with Crippen LogP contribution < -0.4 is 0 Å². The molecule has 1 saturated heterocycles. The Labute approximate surface area is 89.7 Å². The molecule has 3 heteroatoms. The predicted molar refractivity (Wildman–Crippen MR) is 57.4 cm³/mol. The molecule has 1 heterocycles. The first kappa shape index (κ1) is 10.6. The summed E-state index contributed by atoms with van der Waals surface area (Å²) in [6.45, 7) is 1.97. The van der Waals surface area contributed by atoms with Gasteiger partial charge in [-0.1, -0.05) is 30.3 Å². The molecule has 0 saturated carbocycles. The van der Waals surface area contributed by atoms with Gasteiger partial charge < -0.3 is 4.74 Å². The second-order valence-electron chi connectivity index (χ2n) is 3.97. The fraction of sp³-hybridized carbons (Fsp3) is 0.500. The lowest BCUT2D eigenvalue weighted by atomic mass is 10.2. The van der Waals surface area contributed by atoms with E-state index in [1.54, 1.807) is 7.11 Å².